The van der Waals surface area contributed by atoms with E-state index in [1.54, 1.807) is 0 Å². The van der Waals surface area contributed by atoms with Crippen LogP contribution in [0.1, 0.15) is 87.4 Å². The van der Waals surface area contributed by atoms with Gasteiger partial charge in [-0.15, -0.1) is 0 Å². The Morgan fingerprint density at radius 1 is 1.09 bits per heavy atom. The molecule has 1 aromatic rings. The third-order valence-electron chi connectivity index (χ3n) is 6.32. The summed E-state index contributed by atoms with van der Waals surface area (Å²) >= 11 is 0. The predicted octanol–water partition coefficient (Wildman–Crippen LogP) is 4.57. The SMILES string of the molecule is CC1(C)CC(=O)c2c(ncn2C2CCC3CCCCC3C2)C1. The Morgan fingerprint density at radius 3 is 2.68 bits per heavy atom. The molecule has 0 N–H and O–H groups in total. The van der Waals surface area contributed by atoms with Crippen LogP contribution in [-0.2, 0) is 6.42 Å². The zero-order valence-electron chi connectivity index (χ0n) is 14.0. The number of rotatable bonds is 1. The summed E-state index contributed by atoms with van der Waals surface area (Å²) in [5.41, 5.74) is 2.07. The van der Waals surface area contributed by atoms with E-state index in [0.29, 0.717) is 18.2 Å². The zero-order chi connectivity index (χ0) is 15.3. The van der Waals surface area contributed by atoms with E-state index >= 15 is 0 Å². The van der Waals surface area contributed by atoms with E-state index in [0.717, 1.165) is 29.6 Å². The van der Waals surface area contributed by atoms with Crippen LogP contribution < -0.4 is 0 Å². The second kappa shape index (κ2) is 5.21. The van der Waals surface area contributed by atoms with Gasteiger partial charge in [0, 0.05) is 12.5 Å². The number of carbonyl (C=O) groups excluding carboxylic acids is 1. The van der Waals surface area contributed by atoms with Gasteiger partial charge in [-0.2, -0.15) is 0 Å². The monoisotopic (exact) mass is 300 g/mol. The van der Waals surface area contributed by atoms with Crippen LogP contribution in [0.4, 0.5) is 0 Å². The van der Waals surface area contributed by atoms with Crippen molar-refractivity contribution in [3.05, 3.63) is 17.7 Å². The fourth-order valence-corrected chi connectivity index (χ4v) is 5.25. The molecule has 3 heteroatoms. The van der Waals surface area contributed by atoms with Gasteiger partial charge in [-0.05, 0) is 42.9 Å². The average molecular weight is 300 g/mol. The topological polar surface area (TPSA) is 34.9 Å². The summed E-state index contributed by atoms with van der Waals surface area (Å²) in [5.74, 6) is 2.16. The Morgan fingerprint density at radius 2 is 1.86 bits per heavy atom. The maximum absolute atomic E-state index is 12.6. The Bertz CT molecular complexity index is 586. The molecule has 0 amide bonds. The molecule has 4 rings (SSSR count). The smallest absolute Gasteiger partial charge is 0.181 e. The van der Waals surface area contributed by atoms with Gasteiger partial charge in [0.2, 0.25) is 0 Å². The van der Waals surface area contributed by atoms with Crippen molar-refractivity contribution in [1.82, 2.24) is 9.55 Å². The minimum atomic E-state index is 0.0737. The summed E-state index contributed by atoms with van der Waals surface area (Å²) in [5, 5.41) is 0. The summed E-state index contributed by atoms with van der Waals surface area (Å²) in [6.45, 7) is 4.36. The van der Waals surface area contributed by atoms with Crippen molar-refractivity contribution in [3.8, 4) is 0 Å². The van der Waals surface area contributed by atoms with Crippen molar-refractivity contribution >= 4 is 5.78 Å². The lowest BCUT2D eigenvalue weighted by atomic mass is 9.69. The molecular formula is C19H28N2O. The standard InChI is InChI=1S/C19H28N2O/c1-19(2)10-16-18(17(22)11-19)21(12-20-16)15-8-7-13-5-3-4-6-14(13)9-15/h12-15H,3-11H2,1-2H3. The molecule has 22 heavy (non-hydrogen) atoms. The fourth-order valence-electron chi connectivity index (χ4n) is 5.25. The quantitative estimate of drug-likeness (QED) is 0.761. The highest BCUT2D eigenvalue weighted by atomic mass is 16.1. The number of carbonyl (C=O) groups is 1. The zero-order valence-corrected chi connectivity index (χ0v) is 14.0. The molecule has 3 nitrogen and oxygen atoms in total. The molecule has 3 aliphatic rings. The predicted molar refractivity (Wildman–Crippen MR) is 87.0 cm³/mol. The van der Waals surface area contributed by atoms with Crippen LogP contribution in [0.25, 0.3) is 0 Å². The molecule has 0 aliphatic heterocycles. The van der Waals surface area contributed by atoms with Crippen molar-refractivity contribution in [1.29, 1.82) is 0 Å². The number of aromatic nitrogens is 2. The highest BCUT2D eigenvalue weighted by molar-refractivity contribution is 5.97. The van der Waals surface area contributed by atoms with Crippen LogP contribution in [0, 0.1) is 17.3 Å². The number of Topliss-reactive ketones (excluding diaryl/α,β-unsaturated/α-hetero) is 1. The number of hydrogen-bond acceptors (Lipinski definition) is 2. The molecule has 0 aromatic carbocycles. The highest BCUT2D eigenvalue weighted by Gasteiger charge is 2.38. The van der Waals surface area contributed by atoms with Crippen LogP contribution in [-0.4, -0.2) is 15.3 Å². The largest absolute Gasteiger partial charge is 0.325 e. The minimum absolute atomic E-state index is 0.0737. The average Bonchev–Trinajstić information content (AvgIpc) is 2.89. The summed E-state index contributed by atoms with van der Waals surface area (Å²) in [7, 11) is 0. The lowest BCUT2D eigenvalue weighted by Crippen LogP contribution is -2.32. The van der Waals surface area contributed by atoms with Crippen LogP contribution in [0.3, 0.4) is 0 Å². The Balaban J connectivity index is 1.59. The minimum Gasteiger partial charge on any atom is -0.325 e. The first-order chi connectivity index (χ1) is 10.5. The molecule has 0 radical (unpaired) electrons. The van der Waals surface area contributed by atoms with Gasteiger partial charge >= 0.3 is 0 Å². The molecule has 3 atom stereocenters. The van der Waals surface area contributed by atoms with E-state index in [9.17, 15) is 4.79 Å². The fraction of sp³-hybridized carbons (Fsp3) is 0.789. The summed E-state index contributed by atoms with van der Waals surface area (Å²) in [4.78, 5) is 17.3. The van der Waals surface area contributed by atoms with Crippen LogP contribution in [0.15, 0.2) is 6.33 Å². The van der Waals surface area contributed by atoms with Crippen molar-refractivity contribution in [2.45, 2.75) is 77.7 Å². The van der Waals surface area contributed by atoms with Gasteiger partial charge in [-0.25, -0.2) is 4.98 Å². The summed E-state index contributed by atoms with van der Waals surface area (Å²) in [6.07, 6.45) is 13.1. The van der Waals surface area contributed by atoms with Crippen molar-refractivity contribution in [2.75, 3.05) is 0 Å². The van der Waals surface area contributed by atoms with Gasteiger partial charge in [-0.1, -0.05) is 39.5 Å². The first kappa shape index (κ1) is 14.5. The Labute approximate surface area is 133 Å². The van der Waals surface area contributed by atoms with Crippen LogP contribution in [0.5, 0.6) is 0 Å². The number of ketones is 1. The third kappa shape index (κ3) is 2.43. The molecule has 0 spiro atoms. The maximum Gasteiger partial charge on any atom is 0.181 e. The van der Waals surface area contributed by atoms with Gasteiger partial charge in [0.15, 0.2) is 5.78 Å². The van der Waals surface area contributed by atoms with Crippen molar-refractivity contribution in [3.63, 3.8) is 0 Å². The van der Waals surface area contributed by atoms with E-state index in [2.05, 4.69) is 23.4 Å². The van der Waals surface area contributed by atoms with Crippen molar-refractivity contribution in [2.24, 2.45) is 17.3 Å². The lowest BCUT2D eigenvalue weighted by Gasteiger charge is -2.40. The van der Waals surface area contributed by atoms with E-state index < -0.39 is 0 Å². The normalized spacial score (nSPS) is 34.1. The van der Waals surface area contributed by atoms with E-state index in [-0.39, 0.29) is 5.41 Å². The van der Waals surface area contributed by atoms with Gasteiger partial charge in [0.05, 0.1) is 12.0 Å². The number of fused-ring (bicyclic) bond motifs is 2. The van der Waals surface area contributed by atoms with E-state index in [1.165, 1.54) is 44.9 Å². The van der Waals surface area contributed by atoms with Gasteiger partial charge in [0.25, 0.3) is 0 Å². The van der Waals surface area contributed by atoms with E-state index in [1.807, 2.05) is 6.33 Å². The van der Waals surface area contributed by atoms with Gasteiger partial charge in [0.1, 0.15) is 5.69 Å². The van der Waals surface area contributed by atoms with Crippen molar-refractivity contribution < 1.29 is 4.79 Å². The Kier molecular flexibility index (Phi) is 3.43. The molecule has 1 heterocycles. The van der Waals surface area contributed by atoms with Gasteiger partial charge in [-0.3, -0.25) is 4.79 Å². The molecule has 0 saturated heterocycles. The molecule has 2 fully saturated rings. The lowest BCUT2D eigenvalue weighted by molar-refractivity contribution is 0.0884. The van der Waals surface area contributed by atoms with E-state index in [4.69, 9.17) is 0 Å². The second-order valence-electron chi connectivity index (χ2n) is 8.66. The molecule has 120 valence electrons. The number of nitrogens with zero attached hydrogens (tertiary/aromatic N) is 2. The molecule has 3 aliphatic carbocycles. The van der Waals surface area contributed by atoms with Crippen LogP contribution in [0.2, 0.25) is 0 Å². The molecule has 2 saturated carbocycles. The highest BCUT2D eigenvalue weighted by Crippen LogP contribution is 2.45. The number of hydrogen-bond donors (Lipinski definition) is 0. The maximum atomic E-state index is 12.6. The second-order valence-corrected chi connectivity index (χ2v) is 8.66. The van der Waals surface area contributed by atoms with Crippen LogP contribution >= 0.6 is 0 Å². The summed E-state index contributed by atoms with van der Waals surface area (Å²) < 4.78 is 2.26. The first-order valence-corrected chi connectivity index (χ1v) is 9.12. The van der Waals surface area contributed by atoms with Gasteiger partial charge < -0.3 is 4.57 Å². The summed E-state index contributed by atoms with van der Waals surface area (Å²) in [6, 6.07) is 0.515. The third-order valence-corrected chi connectivity index (χ3v) is 6.32. The Hall–Kier alpha value is -1.12. The molecular weight excluding hydrogens is 272 g/mol. The molecule has 1 aromatic heterocycles. The molecule has 3 unspecified atom stereocenters. The molecule has 0 bridgehead atoms. The first-order valence-electron chi connectivity index (χ1n) is 9.12. The number of imidazole rings is 1.